The summed E-state index contributed by atoms with van der Waals surface area (Å²) in [7, 11) is 3.72. The van der Waals surface area contributed by atoms with E-state index in [0.717, 1.165) is 5.01 Å². The van der Waals surface area contributed by atoms with Crippen LogP contribution >= 0.6 is 11.3 Å². The zero-order chi connectivity index (χ0) is 16.1. The normalized spacial score (nSPS) is 11.8. The molecule has 2 aromatic rings. The third-order valence-corrected chi connectivity index (χ3v) is 4.14. The van der Waals surface area contributed by atoms with Crippen LogP contribution < -0.4 is 15.5 Å². The van der Waals surface area contributed by atoms with E-state index in [9.17, 15) is 4.79 Å². The van der Waals surface area contributed by atoms with E-state index in [1.807, 2.05) is 39.0 Å². The summed E-state index contributed by atoms with van der Waals surface area (Å²) in [5.41, 5.74) is 0.572. The number of nitrogens with zero attached hydrogens (tertiary/aromatic N) is 4. The minimum atomic E-state index is -0.280. The van der Waals surface area contributed by atoms with E-state index >= 15 is 0 Å². The van der Waals surface area contributed by atoms with Crippen molar-refractivity contribution in [2.75, 3.05) is 30.9 Å². The molecule has 2 heterocycles. The predicted molar refractivity (Wildman–Crippen MR) is 88.6 cm³/mol. The van der Waals surface area contributed by atoms with E-state index < -0.39 is 0 Å². The van der Waals surface area contributed by atoms with E-state index in [-0.39, 0.29) is 11.9 Å². The average molecular weight is 320 g/mol. The van der Waals surface area contributed by atoms with Gasteiger partial charge in [-0.1, -0.05) is 6.92 Å². The fourth-order valence-corrected chi connectivity index (χ4v) is 2.69. The van der Waals surface area contributed by atoms with Gasteiger partial charge in [-0.2, -0.15) is 0 Å². The van der Waals surface area contributed by atoms with Crippen LogP contribution in [0, 0.1) is 6.92 Å². The Labute approximate surface area is 133 Å². The van der Waals surface area contributed by atoms with Crippen LogP contribution in [-0.4, -0.2) is 41.6 Å². The van der Waals surface area contributed by atoms with Crippen LogP contribution in [0.2, 0.25) is 0 Å². The van der Waals surface area contributed by atoms with Gasteiger partial charge in [0.1, 0.15) is 12.0 Å². The molecule has 0 radical (unpaired) electrons. The minimum Gasteiger partial charge on any atom is -0.361 e. The van der Waals surface area contributed by atoms with Crippen molar-refractivity contribution in [3.8, 4) is 0 Å². The van der Waals surface area contributed by atoms with Crippen molar-refractivity contribution in [3.05, 3.63) is 28.6 Å². The lowest BCUT2D eigenvalue weighted by Gasteiger charge is -2.16. The van der Waals surface area contributed by atoms with Crippen molar-refractivity contribution in [3.63, 3.8) is 0 Å². The number of urea groups is 1. The highest BCUT2D eigenvalue weighted by Gasteiger charge is 2.13. The zero-order valence-electron chi connectivity index (χ0n) is 13.1. The smallest absolute Gasteiger partial charge is 0.319 e. The van der Waals surface area contributed by atoms with Gasteiger partial charge in [0.25, 0.3) is 0 Å². The van der Waals surface area contributed by atoms with Crippen molar-refractivity contribution < 1.29 is 4.79 Å². The molecule has 22 heavy (non-hydrogen) atoms. The molecular weight excluding hydrogens is 300 g/mol. The van der Waals surface area contributed by atoms with E-state index in [0.29, 0.717) is 18.1 Å². The first-order valence-corrected chi connectivity index (χ1v) is 7.73. The molecule has 2 amide bonds. The third kappa shape index (κ3) is 4.14. The van der Waals surface area contributed by atoms with Gasteiger partial charge in [0.15, 0.2) is 5.82 Å². The summed E-state index contributed by atoms with van der Waals surface area (Å²) in [6.07, 6.45) is 4.88. The van der Waals surface area contributed by atoms with E-state index in [2.05, 4.69) is 25.6 Å². The zero-order valence-corrected chi connectivity index (χ0v) is 13.9. The van der Waals surface area contributed by atoms with Gasteiger partial charge < -0.3 is 15.5 Å². The summed E-state index contributed by atoms with van der Waals surface area (Å²) in [5.74, 6) is 0.832. The SMILES string of the molecule is Cc1cnc([C@H](C)CNC(=O)Nc2cncnc2N(C)C)s1. The van der Waals surface area contributed by atoms with E-state index in [4.69, 9.17) is 0 Å². The van der Waals surface area contributed by atoms with E-state index in [1.54, 1.807) is 17.5 Å². The molecule has 0 aromatic carbocycles. The largest absolute Gasteiger partial charge is 0.361 e. The number of carbonyl (C=O) groups is 1. The molecule has 0 unspecified atom stereocenters. The topological polar surface area (TPSA) is 83.0 Å². The lowest BCUT2D eigenvalue weighted by Crippen LogP contribution is -2.32. The summed E-state index contributed by atoms with van der Waals surface area (Å²) in [6, 6.07) is -0.280. The van der Waals surface area contributed by atoms with Gasteiger partial charge in [0.05, 0.1) is 11.2 Å². The average Bonchev–Trinajstić information content (AvgIpc) is 2.92. The first-order valence-electron chi connectivity index (χ1n) is 6.92. The van der Waals surface area contributed by atoms with Crippen molar-refractivity contribution in [1.82, 2.24) is 20.3 Å². The van der Waals surface area contributed by atoms with Gasteiger partial charge in [-0.3, -0.25) is 0 Å². The summed E-state index contributed by atoms with van der Waals surface area (Å²) < 4.78 is 0. The molecule has 0 aliphatic heterocycles. The highest BCUT2D eigenvalue weighted by atomic mass is 32.1. The van der Waals surface area contributed by atoms with Crippen molar-refractivity contribution in [1.29, 1.82) is 0 Å². The fraction of sp³-hybridized carbons (Fsp3) is 0.429. The van der Waals surface area contributed by atoms with Gasteiger partial charge in [-0.25, -0.2) is 19.7 Å². The van der Waals surface area contributed by atoms with Crippen LogP contribution in [0.5, 0.6) is 0 Å². The lowest BCUT2D eigenvalue weighted by atomic mass is 10.2. The molecule has 0 aliphatic carbocycles. The van der Waals surface area contributed by atoms with Gasteiger partial charge >= 0.3 is 6.03 Å². The molecule has 0 fully saturated rings. The number of aromatic nitrogens is 3. The van der Waals surface area contributed by atoms with Crippen LogP contribution in [0.4, 0.5) is 16.3 Å². The Kier molecular flexibility index (Phi) is 5.26. The van der Waals surface area contributed by atoms with Crippen LogP contribution in [-0.2, 0) is 0 Å². The summed E-state index contributed by atoms with van der Waals surface area (Å²) in [6.45, 7) is 4.57. The number of nitrogens with one attached hydrogen (secondary N) is 2. The van der Waals surface area contributed by atoms with Gasteiger partial charge in [-0.15, -0.1) is 11.3 Å². The number of hydrogen-bond donors (Lipinski definition) is 2. The lowest BCUT2D eigenvalue weighted by molar-refractivity contribution is 0.251. The molecular formula is C14H20N6OS. The molecule has 0 aliphatic rings. The predicted octanol–water partition coefficient (Wildman–Crippen LogP) is 2.23. The number of thiazole rings is 1. The maximum absolute atomic E-state index is 12.0. The molecule has 118 valence electrons. The summed E-state index contributed by atoms with van der Waals surface area (Å²) >= 11 is 1.65. The Balaban J connectivity index is 1.91. The molecule has 0 spiro atoms. The quantitative estimate of drug-likeness (QED) is 0.883. The van der Waals surface area contributed by atoms with Crippen LogP contribution in [0.15, 0.2) is 18.7 Å². The number of aryl methyl sites for hydroxylation is 1. The second-order valence-electron chi connectivity index (χ2n) is 5.20. The summed E-state index contributed by atoms with van der Waals surface area (Å²) in [4.78, 5) is 27.4. The Morgan fingerprint density at radius 1 is 1.36 bits per heavy atom. The molecule has 2 aromatic heterocycles. The molecule has 2 N–H and O–H groups in total. The van der Waals surface area contributed by atoms with Gasteiger partial charge in [-0.05, 0) is 6.92 Å². The highest BCUT2D eigenvalue weighted by molar-refractivity contribution is 7.11. The maximum atomic E-state index is 12.0. The highest BCUT2D eigenvalue weighted by Crippen LogP contribution is 2.21. The van der Waals surface area contributed by atoms with Gasteiger partial charge in [0.2, 0.25) is 0 Å². The number of anilines is 2. The fourth-order valence-electron chi connectivity index (χ4n) is 1.87. The minimum absolute atomic E-state index is 0.171. The second-order valence-corrected chi connectivity index (χ2v) is 6.47. The Hall–Kier alpha value is -2.22. The molecule has 0 saturated heterocycles. The molecule has 8 heteroatoms. The Morgan fingerprint density at radius 3 is 2.77 bits per heavy atom. The van der Waals surface area contributed by atoms with Crippen molar-refractivity contribution in [2.24, 2.45) is 0 Å². The monoisotopic (exact) mass is 320 g/mol. The molecule has 1 atom stereocenters. The van der Waals surface area contributed by atoms with Crippen molar-refractivity contribution in [2.45, 2.75) is 19.8 Å². The molecule has 0 saturated carbocycles. The first-order chi connectivity index (χ1) is 10.5. The maximum Gasteiger partial charge on any atom is 0.319 e. The van der Waals surface area contributed by atoms with Crippen LogP contribution in [0.3, 0.4) is 0 Å². The number of rotatable bonds is 5. The summed E-state index contributed by atoms with van der Waals surface area (Å²) in [5, 5.41) is 6.64. The van der Waals surface area contributed by atoms with Crippen LogP contribution in [0.1, 0.15) is 22.7 Å². The van der Waals surface area contributed by atoms with Crippen LogP contribution in [0.25, 0.3) is 0 Å². The molecule has 0 bridgehead atoms. The second kappa shape index (κ2) is 7.17. The van der Waals surface area contributed by atoms with E-state index in [1.165, 1.54) is 11.2 Å². The molecule has 2 rings (SSSR count). The Morgan fingerprint density at radius 2 is 2.14 bits per heavy atom. The van der Waals surface area contributed by atoms with Crippen molar-refractivity contribution >= 4 is 28.9 Å². The first kappa shape index (κ1) is 16.2. The standard InChI is InChI=1S/C14H20N6OS/c1-9(13-16-6-10(2)22-13)5-17-14(21)19-11-7-15-8-18-12(11)20(3)4/h6-9H,5H2,1-4H3,(H2,17,19,21)/t9-/m1/s1. The number of amides is 2. The number of hydrogen-bond acceptors (Lipinski definition) is 6. The molecule has 7 nitrogen and oxygen atoms in total. The van der Waals surface area contributed by atoms with Gasteiger partial charge in [0, 0.05) is 37.6 Å². The third-order valence-electron chi connectivity index (χ3n) is 2.99. The Bertz CT molecular complexity index is 642. The number of carbonyl (C=O) groups excluding carboxylic acids is 1.